The first-order chi connectivity index (χ1) is 12.1. The van der Waals surface area contributed by atoms with Gasteiger partial charge in [0.15, 0.2) is 11.5 Å². The third-order valence-electron chi connectivity index (χ3n) is 4.31. The van der Waals surface area contributed by atoms with Gasteiger partial charge in [0.25, 0.3) is 0 Å². The molecule has 0 unspecified atom stereocenters. The lowest BCUT2D eigenvalue weighted by Gasteiger charge is -2.30. The highest BCUT2D eigenvalue weighted by atomic mass is 16.6. The molecule has 0 N–H and O–H groups in total. The normalized spacial score (nSPS) is 15.0. The van der Waals surface area contributed by atoms with Crippen LogP contribution >= 0.6 is 0 Å². The molecule has 25 heavy (non-hydrogen) atoms. The first-order valence-electron chi connectivity index (χ1n) is 8.15. The zero-order valence-corrected chi connectivity index (χ0v) is 14.2. The summed E-state index contributed by atoms with van der Waals surface area (Å²) in [5, 5.41) is 11.7. The van der Waals surface area contributed by atoms with E-state index in [0.29, 0.717) is 23.2 Å². The molecule has 1 aromatic heterocycles. The molecule has 8 heteroatoms. The predicted octanol–water partition coefficient (Wildman–Crippen LogP) is 3.42. The molecule has 8 nitrogen and oxygen atoms in total. The molecule has 0 atom stereocenters. The van der Waals surface area contributed by atoms with Crippen molar-refractivity contribution >= 4 is 11.5 Å². The largest absolute Gasteiger partial charge is 0.493 e. The van der Waals surface area contributed by atoms with Crippen molar-refractivity contribution in [3.63, 3.8) is 0 Å². The number of benzene rings is 1. The lowest BCUT2D eigenvalue weighted by atomic mass is 9.99. The molecule has 0 bridgehead atoms. The highest BCUT2D eigenvalue weighted by Crippen LogP contribution is 2.39. The van der Waals surface area contributed by atoms with E-state index in [1.165, 1.54) is 13.4 Å². The first kappa shape index (κ1) is 16.9. The van der Waals surface area contributed by atoms with E-state index >= 15 is 0 Å². The number of aromatic nitrogens is 2. The topological polar surface area (TPSA) is 90.6 Å². The van der Waals surface area contributed by atoms with Crippen molar-refractivity contribution in [3.8, 4) is 17.4 Å². The predicted molar refractivity (Wildman–Crippen MR) is 92.4 cm³/mol. The molecule has 0 saturated carbocycles. The Hall–Kier alpha value is -2.90. The smallest absolute Gasteiger partial charge is 0.373 e. The summed E-state index contributed by atoms with van der Waals surface area (Å²) in [6.45, 7) is 3.64. The fourth-order valence-corrected chi connectivity index (χ4v) is 2.85. The van der Waals surface area contributed by atoms with E-state index in [1.807, 2.05) is 4.90 Å². The van der Waals surface area contributed by atoms with Gasteiger partial charge in [0.1, 0.15) is 6.33 Å². The molecule has 3 rings (SSSR count). The van der Waals surface area contributed by atoms with Crippen LogP contribution in [-0.4, -0.2) is 35.1 Å². The number of anilines is 1. The van der Waals surface area contributed by atoms with Gasteiger partial charge in [0.05, 0.1) is 12.0 Å². The van der Waals surface area contributed by atoms with E-state index in [2.05, 4.69) is 16.9 Å². The van der Waals surface area contributed by atoms with Gasteiger partial charge in [-0.15, -0.1) is 0 Å². The van der Waals surface area contributed by atoms with Crippen molar-refractivity contribution in [3.05, 3.63) is 40.7 Å². The molecule has 1 fully saturated rings. The Morgan fingerprint density at radius 2 is 1.88 bits per heavy atom. The van der Waals surface area contributed by atoms with Crippen molar-refractivity contribution in [2.45, 2.75) is 19.8 Å². The van der Waals surface area contributed by atoms with E-state index < -0.39 is 4.92 Å². The SMILES string of the molecule is COc1ccccc1Oc1ncnc(N2CCC(C)CC2)c1[N+](=O)[O-]. The van der Waals surface area contributed by atoms with Crippen molar-refractivity contribution < 1.29 is 14.4 Å². The van der Waals surface area contributed by atoms with E-state index in [-0.39, 0.29) is 11.6 Å². The van der Waals surface area contributed by atoms with Gasteiger partial charge in [-0.25, -0.2) is 4.98 Å². The molecule has 0 aliphatic carbocycles. The second kappa shape index (κ2) is 7.33. The van der Waals surface area contributed by atoms with Crippen LogP contribution < -0.4 is 14.4 Å². The molecule has 1 aliphatic rings. The Labute approximate surface area is 145 Å². The zero-order chi connectivity index (χ0) is 17.8. The minimum absolute atomic E-state index is 0.0851. The second-order valence-electron chi connectivity index (χ2n) is 6.03. The Morgan fingerprint density at radius 3 is 2.52 bits per heavy atom. The third kappa shape index (κ3) is 3.62. The van der Waals surface area contributed by atoms with Gasteiger partial charge < -0.3 is 14.4 Å². The van der Waals surface area contributed by atoms with Crippen LogP contribution in [0.1, 0.15) is 19.8 Å². The Bertz CT molecular complexity index is 760. The highest BCUT2D eigenvalue weighted by molar-refractivity contribution is 5.64. The molecule has 2 aromatic rings. The van der Waals surface area contributed by atoms with Crippen LogP contribution in [0.3, 0.4) is 0 Å². The first-order valence-corrected chi connectivity index (χ1v) is 8.15. The standard InChI is InChI=1S/C17H20N4O4/c1-12-7-9-20(10-8-12)16-15(21(22)23)17(19-11-18-16)25-14-6-4-3-5-13(14)24-2/h3-6,11-12H,7-10H2,1-2H3. The van der Waals surface area contributed by atoms with Crippen molar-refractivity contribution in [1.29, 1.82) is 0 Å². The summed E-state index contributed by atoms with van der Waals surface area (Å²) in [5.41, 5.74) is -0.219. The summed E-state index contributed by atoms with van der Waals surface area (Å²) >= 11 is 0. The molecule has 0 spiro atoms. The Morgan fingerprint density at radius 1 is 1.20 bits per heavy atom. The van der Waals surface area contributed by atoms with Crippen LogP contribution in [0, 0.1) is 16.0 Å². The maximum atomic E-state index is 11.7. The third-order valence-corrected chi connectivity index (χ3v) is 4.31. The molecule has 132 valence electrons. The molecule has 1 aliphatic heterocycles. The number of para-hydroxylation sites is 2. The van der Waals surface area contributed by atoms with Gasteiger partial charge in [-0.05, 0) is 30.9 Å². The van der Waals surface area contributed by atoms with Crippen LogP contribution in [0.4, 0.5) is 11.5 Å². The summed E-state index contributed by atoms with van der Waals surface area (Å²) in [4.78, 5) is 21.3. The Kier molecular flexibility index (Phi) is 4.97. The molecular weight excluding hydrogens is 324 g/mol. The van der Waals surface area contributed by atoms with Crippen molar-refractivity contribution in [2.24, 2.45) is 5.92 Å². The average molecular weight is 344 g/mol. The minimum atomic E-state index is -0.488. The van der Waals surface area contributed by atoms with Gasteiger partial charge in [-0.2, -0.15) is 4.98 Å². The van der Waals surface area contributed by atoms with E-state index in [1.54, 1.807) is 24.3 Å². The number of piperidine rings is 1. The number of hydrogen-bond donors (Lipinski definition) is 0. The quantitative estimate of drug-likeness (QED) is 0.606. The molecular formula is C17H20N4O4. The maximum absolute atomic E-state index is 11.7. The van der Waals surface area contributed by atoms with Crippen LogP contribution in [0.2, 0.25) is 0 Å². The number of methoxy groups -OCH3 is 1. The number of nitrogens with zero attached hydrogens (tertiary/aromatic N) is 4. The minimum Gasteiger partial charge on any atom is -0.493 e. The molecule has 1 saturated heterocycles. The van der Waals surface area contributed by atoms with Gasteiger partial charge in [0.2, 0.25) is 5.82 Å². The summed E-state index contributed by atoms with van der Waals surface area (Å²) in [6.07, 6.45) is 3.25. The number of ether oxygens (including phenoxy) is 2. The molecule has 0 amide bonds. The monoisotopic (exact) mass is 344 g/mol. The summed E-state index contributed by atoms with van der Waals surface area (Å²) < 4.78 is 10.9. The fraction of sp³-hybridized carbons (Fsp3) is 0.412. The molecule has 1 aromatic carbocycles. The number of hydrogen-bond acceptors (Lipinski definition) is 7. The van der Waals surface area contributed by atoms with Gasteiger partial charge in [-0.1, -0.05) is 19.1 Å². The lowest BCUT2D eigenvalue weighted by Crippen LogP contribution is -2.34. The number of nitro groups is 1. The summed E-state index contributed by atoms with van der Waals surface area (Å²) in [6, 6.07) is 6.94. The van der Waals surface area contributed by atoms with E-state index in [0.717, 1.165) is 25.9 Å². The van der Waals surface area contributed by atoms with Crippen molar-refractivity contribution in [2.75, 3.05) is 25.1 Å². The van der Waals surface area contributed by atoms with Crippen molar-refractivity contribution in [1.82, 2.24) is 9.97 Å². The van der Waals surface area contributed by atoms with E-state index in [9.17, 15) is 10.1 Å². The Balaban J connectivity index is 1.97. The summed E-state index contributed by atoms with van der Waals surface area (Å²) in [5.74, 6) is 1.67. The maximum Gasteiger partial charge on any atom is 0.373 e. The summed E-state index contributed by atoms with van der Waals surface area (Å²) in [7, 11) is 1.51. The van der Waals surface area contributed by atoms with Gasteiger partial charge in [-0.3, -0.25) is 10.1 Å². The van der Waals surface area contributed by atoms with Gasteiger partial charge in [0, 0.05) is 13.1 Å². The zero-order valence-electron chi connectivity index (χ0n) is 14.2. The lowest BCUT2D eigenvalue weighted by molar-refractivity contribution is -0.385. The second-order valence-corrected chi connectivity index (χ2v) is 6.03. The highest BCUT2D eigenvalue weighted by Gasteiger charge is 2.30. The van der Waals surface area contributed by atoms with Crippen LogP contribution in [-0.2, 0) is 0 Å². The average Bonchev–Trinajstić information content (AvgIpc) is 2.62. The van der Waals surface area contributed by atoms with E-state index in [4.69, 9.17) is 9.47 Å². The van der Waals surface area contributed by atoms with Crippen LogP contribution in [0.5, 0.6) is 17.4 Å². The molecule has 2 heterocycles. The van der Waals surface area contributed by atoms with Gasteiger partial charge >= 0.3 is 11.6 Å². The number of rotatable bonds is 5. The fourth-order valence-electron chi connectivity index (χ4n) is 2.85. The molecule has 0 radical (unpaired) electrons. The van der Waals surface area contributed by atoms with Crippen LogP contribution in [0.15, 0.2) is 30.6 Å². The van der Waals surface area contributed by atoms with Crippen LogP contribution in [0.25, 0.3) is 0 Å².